The van der Waals surface area contributed by atoms with Gasteiger partial charge in [-0.05, 0) is 57.9 Å². The van der Waals surface area contributed by atoms with Gasteiger partial charge in [-0.25, -0.2) is 9.07 Å². The Bertz CT molecular complexity index is 915. The normalized spacial score (nSPS) is 10.6. The topological polar surface area (TPSA) is 56.2 Å². The number of halogens is 3. The predicted molar refractivity (Wildman–Crippen MR) is 99.6 cm³/mol. The first-order valence-corrected chi connectivity index (χ1v) is 8.82. The summed E-state index contributed by atoms with van der Waals surface area (Å²) in [5.74, 6) is -0.0147. The Labute approximate surface area is 162 Å². The fourth-order valence-corrected chi connectivity index (χ4v) is 2.95. The minimum Gasteiger partial charge on any atom is -0.470 e. The van der Waals surface area contributed by atoms with E-state index < -0.39 is 0 Å². The van der Waals surface area contributed by atoms with Crippen LogP contribution < -0.4 is 10.1 Å². The van der Waals surface area contributed by atoms with Crippen LogP contribution >= 0.6 is 27.5 Å². The average molecular weight is 439 g/mol. The molecule has 0 spiro atoms. The number of hydrogen-bond donors (Lipinski definition) is 1. The number of carbonyl (C=O) groups excluding carboxylic acids is 1. The summed E-state index contributed by atoms with van der Waals surface area (Å²) >= 11 is 9.26. The lowest BCUT2D eigenvalue weighted by molar-refractivity contribution is 0.0944. The molecule has 0 unspecified atom stereocenters. The van der Waals surface area contributed by atoms with Crippen LogP contribution in [0, 0.1) is 5.82 Å². The molecule has 8 heteroatoms. The molecule has 0 aliphatic rings. The summed E-state index contributed by atoms with van der Waals surface area (Å²) in [5, 5.41) is 7.51. The zero-order valence-corrected chi connectivity index (χ0v) is 15.8. The summed E-state index contributed by atoms with van der Waals surface area (Å²) in [7, 11) is 0. The van der Waals surface area contributed by atoms with Crippen LogP contribution in [0.4, 0.5) is 4.39 Å². The zero-order valence-electron chi connectivity index (χ0n) is 13.5. The third-order valence-electron chi connectivity index (χ3n) is 3.49. The van der Waals surface area contributed by atoms with Crippen LogP contribution in [-0.2, 0) is 13.3 Å². The Morgan fingerprint density at radius 1 is 1.23 bits per heavy atom. The van der Waals surface area contributed by atoms with Crippen LogP contribution in [0.15, 0.2) is 59.2 Å². The van der Waals surface area contributed by atoms with Gasteiger partial charge in [0.2, 0.25) is 0 Å². The van der Waals surface area contributed by atoms with E-state index in [1.54, 1.807) is 42.6 Å². The number of hydrogen-bond acceptors (Lipinski definition) is 3. The Morgan fingerprint density at radius 3 is 2.73 bits per heavy atom. The van der Waals surface area contributed by atoms with Gasteiger partial charge in [0.15, 0.2) is 6.73 Å². The highest BCUT2D eigenvalue weighted by molar-refractivity contribution is 9.10. The number of benzene rings is 2. The Hall–Kier alpha value is -2.38. The first-order valence-electron chi connectivity index (χ1n) is 7.65. The monoisotopic (exact) mass is 437 g/mol. The van der Waals surface area contributed by atoms with E-state index in [1.165, 1.54) is 16.8 Å². The zero-order chi connectivity index (χ0) is 18.5. The van der Waals surface area contributed by atoms with E-state index in [9.17, 15) is 9.18 Å². The predicted octanol–water partition coefficient (Wildman–Crippen LogP) is 4.40. The van der Waals surface area contributed by atoms with Gasteiger partial charge >= 0.3 is 0 Å². The van der Waals surface area contributed by atoms with Crippen LogP contribution in [0.25, 0.3) is 0 Å². The number of carbonyl (C=O) groups is 1. The van der Waals surface area contributed by atoms with E-state index in [2.05, 4.69) is 26.3 Å². The van der Waals surface area contributed by atoms with Gasteiger partial charge in [-0.2, -0.15) is 5.10 Å². The maximum absolute atomic E-state index is 12.9. The highest BCUT2D eigenvalue weighted by Crippen LogP contribution is 2.28. The van der Waals surface area contributed by atoms with Gasteiger partial charge in [0.25, 0.3) is 5.91 Å². The SMILES string of the molecule is O=C(NCc1ccc(F)cc1)c1ccn(COc2ccc(Cl)cc2Br)n1. The minimum atomic E-state index is -0.319. The van der Waals surface area contributed by atoms with E-state index in [0.717, 1.165) is 10.0 Å². The molecule has 0 atom stereocenters. The van der Waals surface area contributed by atoms with E-state index >= 15 is 0 Å². The summed E-state index contributed by atoms with van der Waals surface area (Å²) in [4.78, 5) is 12.1. The van der Waals surface area contributed by atoms with Crippen LogP contribution in [0.5, 0.6) is 5.75 Å². The van der Waals surface area contributed by atoms with Gasteiger partial charge in [-0.15, -0.1) is 0 Å². The lowest BCUT2D eigenvalue weighted by atomic mass is 10.2. The van der Waals surface area contributed by atoms with E-state index in [4.69, 9.17) is 16.3 Å². The van der Waals surface area contributed by atoms with Crippen molar-refractivity contribution >= 4 is 33.4 Å². The molecule has 1 amide bonds. The number of amides is 1. The Balaban J connectivity index is 1.55. The van der Waals surface area contributed by atoms with Gasteiger partial charge in [-0.3, -0.25) is 4.79 Å². The van der Waals surface area contributed by atoms with Crippen molar-refractivity contribution in [2.45, 2.75) is 13.3 Å². The Morgan fingerprint density at radius 2 is 2.00 bits per heavy atom. The van der Waals surface area contributed by atoms with Crippen molar-refractivity contribution in [1.82, 2.24) is 15.1 Å². The largest absolute Gasteiger partial charge is 0.470 e. The molecule has 0 aliphatic heterocycles. The van der Waals surface area contributed by atoms with Crippen LogP contribution in [0.2, 0.25) is 5.02 Å². The van der Waals surface area contributed by atoms with Crippen LogP contribution in [0.3, 0.4) is 0 Å². The van der Waals surface area contributed by atoms with E-state index in [0.29, 0.717) is 17.3 Å². The van der Waals surface area contributed by atoms with E-state index in [-0.39, 0.29) is 24.1 Å². The van der Waals surface area contributed by atoms with Crippen molar-refractivity contribution in [2.24, 2.45) is 0 Å². The molecule has 1 heterocycles. The maximum atomic E-state index is 12.9. The second-order valence-electron chi connectivity index (χ2n) is 5.40. The quantitative estimate of drug-likeness (QED) is 0.620. The molecule has 0 saturated carbocycles. The smallest absolute Gasteiger partial charge is 0.272 e. The lowest BCUT2D eigenvalue weighted by Gasteiger charge is -2.08. The lowest BCUT2D eigenvalue weighted by Crippen LogP contribution is -2.23. The molecule has 0 radical (unpaired) electrons. The first-order chi connectivity index (χ1) is 12.5. The standard InChI is InChI=1S/C18H14BrClFN3O2/c19-15-9-13(20)3-6-17(15)26-11-24-8-7-16(23-24)18(25)22-10-12-1-4-14(21)5-2-12/h1-9H,10-11H2,(H,22,25). The van der Waals surface area contributed by atoms with Crippen molar-refractivity contribution < 1.29 is 13.9 Å². The van der Waals surface area contributed by atoms with Crippen LogP contribution in [0.1, 0.15) is 16.1 Å². The van der Waals surface area contributed by atoms with Crippen LogP contribution in [-0.4, -0.2) is 15.7 Å². The molecule has 3 rings (SSSR count). The summed E-state index contributed by atoms with van der Waals surface area (Å²) in [6, 6.07) is 12.7. The highest BCUT2D eigenvalue weighted by atomic mass is 79.9. The molecule has 1 N–H and O–H groups in total. The maximum Gasteiger partial charge on any atom is 0.272 e. The molecule has 2 aromatic carbocycles. The summed E-state index contributed by atoms with van der Waals surface area (Å²) < 4.78 is 20.7. The third-order valence-corrected chi connectivity index (χ3v) is 4.34. The van der Waals surface area contributed by atoms with Crippen molar-refractivity contribution in [3.63, 3.8) is 0 Å². The molecule has 0 fully saturated rings. The van der Waals surface area contributed by atoms with Gasteiger partial charge in [0, 0.05) is 17.8 Å². The Kier molecular flexibility index (Phi) is 5.90. The third kappa shape index (κ3) is 4.83. The number of ether oxygens (including phenoxy) is 1. The van der Waals surface area contributed by atoms with Gasteiger partial charge in [0.1, 0.15) is 17.3 Å². The number of nitrogens with zero attached hydrogens (tertiary/aromatic N) is 2. The van der Waals surface area contributed by atoms with Crippen molar-refractivity contribution in [2.75, 3.05) is 0 Å². The van der Waals surface area contributed by atoms with E-state index in [1.807, 2.05) is 0 Å². The number of aromatic nitrogens is 2. The molecular weight excluding hydrogens is 425 g/mol. The summed E-state index contributed by atoms with van der Waals surface area (Å²) in [6.07, 6.45) is 1.65. The molecule has 0 aliphatic carbocycles. The highest BCUT2D eigenvalue weighted by Gasteiger charge is 2.10. The fourth-order valence-electron chi connectivity index (χ4n) is 2.16. The fraction of sp³-hybridized carbons (Fsp3) is 0.111. The summed E-state index contributed by atoms with van der Waals surface area (Å²) in [6.45, 7) is 0.436. The van der Waals surface area contributed by atoms with Crippen molar-refractivity contribution in [3.8, 4) is 5.75 Å². The number of rotatable bonds is 6. The second-order valence-corrected chi connectivity index (χ2v) is 6.69. The molecule has 134 valence electrons. The molecule has 3 aromatic rings. The second kappa shape index (κ2) is 8.33. The minimum absolute atomic E-state index is 0.144. The summed E-state index contributed by atoms with van der Waals surface area (Å²) in [5.41, 5.74) is 1.07. The molecule has 0 bridgehead atoms. The van der Waals surface area contributed by atoms with Gasteiger partial charge < -0.3 is 10.1 Å². The molecule has 1 aromatic heterocycles. The molecule has 5 nitrogen and oxygen atoms in total. The molecule has 26 heavy (non-hydrogen) atoms. The van der Waals surface area contributed by atoms with Gasteiger partial charge in [-0.1, -0.05) is 23.7 Å². The molecular formula is C18H14BrClFN3O2. The number of nitrogens with one attached hydrogen (secondary N) is 1. The van der Waals surface area contributed by atoms with Gasteiger partial charge in [0.05, 0.1) is 4.47 Å². The first kappa shape index (κ1) is 18.4. The molecule has 0 saturated heterocycles. The van der Waals surface area contributed by atoms with Crippen molar-refractivity contribution in [1.29, 1.82) is 0 Å². The average Bonchev–Trinajstić information content (AvgIpc) is 3.09. The van der Waals surface area contributed by atoms with Crippen molar-refractivity contribution in [3.05, 3.63) is 81.3 Å².